The van der Waals surface area contributed by atoms with Crippen LogP contribution in [-0.2, 0) is 11.2 Å². The van der Waals surface area contributed by atoms with Gasteiger partial charge in [0, 0.05) is 6.61 Å². The lowest BCUT2D eigenvalue weighted by Crippen LogP contribution is -2.29. The van der Waals surface area contributed by atoms with Crippen LogP contribution in [0.15, 0.2) is 24.3 Å². The number of carbonyl (C=O) groups excluding carboxylic acids is 1. The summed E-state index contributed by atoms with van der Waals surface area (Å²) in [5.41, 5.74) is 0.875. The number of benzene rings is 1. The van der Waals surface area contributed by atoms with E-state index in [-0.39, 0.29) is 25.7 Å². The highest BCUT2D eigenvalue weighted by molar-refractivity contribution is 5.77. The van der Waals surface area contributed by atoms with Gasteiger partial charge in [-0.05, 0) is 18.1 Å². The van der Waals surface area contributed by atoms with Gasteiger partial charge in [0.05, 0.1) is 6.54 Å². The van der Waals surface area contributed by atoms with Crippen LogP contribution < -0.4 is 10.1 Å². The van der Waals surface area contributed by atoms with E-state index in [9.17, 15) is 4.79 Å². The molecule has 0 aliphatic carbocycles. The summed E-state index contributed by atoms with van der Waals surface area (Å²) >= 11 is 0. The number of aliphatic hydroxyl groups is 1. The highest BCUT2D eigenvalue weighted by Crippen LogP contribution is 2.17. The van der Waals surface area contributed by atoms with Gasteiger partial charge >= 0.3 is 0 Å². The quantitative estimate of drug-likeness (QED) is 0.697. The number of amides is 1. The van der Waals surface area contributed by atoms with E-state index in [0.717, 1.165) is 5.56 Å². The third kappa shape index (κ3) is 4.58. The number of rotatable bonds is 6. The molecule has 0 aliphatic rings. The van der Waals surface area contributed by atoms with E-state index >= 15 is 0 Å². The summed E-state index contributed by atoms with van der Waals surface area (Å²) < 4.78 is 5.36. The number of ether oxygens (including phenoxy) is 1. The van der Waals surface area contributed by atoms with Crippen molar-refractivity contribution in [3.8, 4) is 18.1 Å². The molecule has 0 bridgehead atoms. The lowest BCUT2D eigenvalue weighted by atomic mass is 10.1. The molecule has 1 rings (SSSR count). The van der Waals surface area contributed by atoms with Gasteiger partial charge in [-0.25, -0.2) is 0 Å². The maximum atomic E-state index is 11.3. The van der Waals surface area contributed by atoms with Crippen molar-refractivity contribution in [1.82, 2.24) is 5.32 Å². The van der Waals surface area contributed by atoms with Crippen molar-refractivity contribution >= 4 is 5.91 Å². The molecule has 17 heavy (non-hydrogen) atoms. The second kappa shape index (κ2) is 7.31. The fraction of sp³-hybridized carbons (Fsp3) is 0.308. The van der Waals surface area contributed by atoms with E-state index in [0.29, 0.717) is 12.2 Å². The first-order valence-corrected chi connectivity index (χ1v) is 5.29. The molecular weight excluding hydrogens is 218 g/mol. The van der Waals surface area contributed by atoms with Crippen molar-refractivity contribution in [3.63, 3.8) is 0 Å². The van der Waals surface area contributed by atoms with Gasteiger partial charge < -0.3 is 15.2 Å². The van der Waals surface area contributed by atoms with Crippen LogP contribution in [-0.4, -0.2) is 30.8 Å². The molecule has 0 radical (unpaired) electrons. The smallest absolute Gasteiger partial charge is 0.258 e. The molecule has 0 spiro atoms. The molecule has 1 amide bonds. The van der Waals surface area contributed by atoms with Gasteiger partial charge in [0.1, 0.15) is 5.75 Å². The molecule has 0 saturated heterocycles. The standard InChI is InChI=1S/C13H15NO3/c1-2-8-14-13(16)10-17-12-6-4-3-5-11(12)7-9-15/h1,3-6,15H,7-10H2,(H,14,16). The van der Waals surface area contributed by atoms with Crippen molar-refractivity contribution in [2.75, 3.05) is 19.8 Å². The zero-order chi connectivity index (χ0) is 12.5. The molecule has 1 aromatic rings. The van der Waals surface area contributed by atoms with E-state index in [2.05, 4.69) is 11.2 Å². The second-order valence-electron chi connectivity index (χ2n) is 3.35. The van der Waals surface area contributed by atoms with E-state index in [1.54, 1.807) is 6.07 Å². The topological polar surface area (TPSA) is 58.6 Å². The normalized spacial score (nSPS) is 9.41. The molecule has 0 unspecified atom stereocenters. The first kappa shape index (κ1) is 13.1. The van der Waals surface area contributed by atoms with Gasteiger partial charge in [0.2, 0.25) is 0 Å². The van der Waals surface area contributed by atoms with Crippen LogP contribution in [0.4, 0.5) is 0 Å². The number of terminal acetylenes is 1. The van der Waals surface area contributed by atoms with Gasteiger partial charge in [-0.3, -0.25) is 4.79 Å². The molecule has 1 aromatic carbocycles. The summed E-state index contributed by atoms with van der Waals surface area (Å²) in [6.45, 7) is 0.161. The molecule has 2 N–H and O–H groups in total. The Kier molecular flexibility index (Phi) is 5.62. The van der Waals surface area contributed by atoms with E-state index in [1.807, 2.05) is 18.2 Å². The minimum absolute atomic E-state index is 0.0453. The first-order valence-electron chi connectivity index (χ1n) is 5.29. The Morgan fingerprint density at radius 1 is 1.47 bits per heavy atom. The van der Waals surface area contributed by atoms with Crippen molar-refractivity contribution in [2.45, 2.75) is 6.42 Å². The summed E-state index contributed by atoms with van der Waals surface area (Å²) in [7, 11) is 0. The Morgan fingerprint density at radius 3 is 2.94 bits per heavy atom. The van der Waals surface area contributed by atoms with Crippen molar-refractivity contribution in [2.24, 2.45) is 0 Å². The fourth-order valence-corrected chi connectivity index (χ4v) is 1.32. The van der Waals surface area contributed by atoms with Crippen LogP contribution in [0.5, 0.6) is 5.75 Å². The number of aliphatic hydroxyl groups excluding tert-OH is 1. The minimum atomic E-state index is -0.262. The fourth-order valence-electron chi connectivity index (χ4n) is 1.32. The highest BCUT2D eigenvalue weighted by Gasteiger charge is 2.05. The Balaban J connectivity index is 2.51. The minimum Gasteiger partial charge on any atom is -0.483 e. The lowest BCUT2D eigenvalue weighted by molar-refractivity contribution is -0.122. The maximum Gasteiger partial charge on any atom is 0.258 e. The molecular formula is C13H15NO3. The lowest BCUT2D eigenvalue weighted by Gasteiger charge is -2.10. The number of hydrogen-bond acceptors (Lipinski definition) is 3. The predicted octanol–water partition coefficient (Wildman–Crippen LogP) is 0.350. The molecule has 4 heteroatoms. The van der Waals surface area contributed by atoms with Crippen molar-refractivity contribution < 1.29 is 14.6 Å². The van der Waals surface area contributed by atoms with Crippen LogP contribution in [0.3, 0.4) is 0 Å². The molecule has 0 saturated carbocycles. The molecule has 0 atom stereocenters. The van der Waals surface area contributed by atoms with Gasteiger partial charge in [-0.2, -0.15) is 0 Å². The largest absolute Gasteiger partial charge is 0.483 e. The van der Waals surface area contributed by atoms with Gasteiger partial charge in [-0.1, -0.05) is 24.1 Å². The van der Waals surface area contributed by atoms with E-state index < -0.39 is 0 Å². The summed E-state index contributed by atoms with van der Waals surface area (Å²) in [6.07, 6.45) is 5.52. The molecule has 0 aliphatic heterocycles. The van der Waals surface area contributed by atoms with E-state index in [1.165, 1.54) is 0 Å². The second-order valence-corrected chi connectivity index (χ2v) is 3.35. The van der Waals surface area contributed by atoms with Crippen LogP contribution in [0.25, 0.3) is 0 Å². The zero-order valence-corrected chi connectivity index (χ0v) is 9.48. The highest BCUT2D eigenvalue weighted by atomic mass is 16.5. The molecule has 0 aromatic heterocycles. The van der Waals surface area contributed by atoms with Gasteiger partial charge in [0.25, 0.3) is 5.91 Å². The van der Waals surface area contributed by atoms with Crippen LogP contribution >= 0.6 is 0 Å². The van der Waals surface area contributed by atoms with Crippen LogP contribution in [0, 0.1) is 12.3 Å². The number of para-hydroxylation sites is 1. The average Bonchev–Trinajstić information content (AvgIpc) is 2.35. The molecule has 4 nitrogen and oxygen atoms in total. The van der Waals surface area contributed by atoms with Gasteiger partial charge in [-0.15, -0.1) is 6.42 Å². The zero-order valence-electron chi connectivity index (χ0n) is 9.48. The Labute approximate surface area is 101 Å². The average molecular weight is 233 g/mol. The van der Waals surface area contributed by atoms with Crippen LogP contribution in [0.2, 0.25) is 0 Å². The van der Waals surface area contributed by atoms with Crippen LogP contribution in [0.1, 0.15) is 5.56 Å². The van der Waals surface area contributed by atoms with Crippen molar-refractivity contribution in [1.29, 1.82) is 0 Å². The number of carbonyl (C=O) groups is 1. The number of hydrogen-bond donors (Lipinski definition) is 2. The first-order chi connectivity index (χ1) is 8.27. The summed E-state index contributed by atoms with van der Waals surface area (Å²) in [5, 5.41) is 11.4. The SMILES string of the molecule is C#CCNC(=O)COc1ccccc1CCO. The summed E-state index contributed by atoms with van der Waals surface area (Å²) in [4.78, 5) is 11.3. The number of nitrogens with one attached hydrogen (secondary N) is 1. The van der Waals surface area contributed by atoms with Crippen molar-refractivity contribution in [3.05, 3.63) is 29.8 Å². The Hall–Kier alpha value is -1.99. The molecule has 0 heterocycles. The maximum absolute atomic E-state index is 11.3. The third-order valence-corrected chi connectivity index (χ3v) is 2.10. The molecule has 90 valence electrons. The third-order valence-electron chi connectivity index (χ3n) is 2.10. The predicted molar refractivity (Wildman–Crippen MR) is 64.6 cm³/mol. The van der Waals surface area contributed by atoms with Gasteiger partial charge in [0.15, 0.2) is 6.61 Å². The monoisotopic (exact) mass is 233 g/mol. The Bertz CT molecular complexity index is 409. The Morgan fingerprint density at radius 2 is 2.24 bits per heavy atom. The molecule has 0 fully saturated rings. The summed E-state index contributed by atoms with van der Waals surface area (Å²) in [6, 6.07) is 7.29. The summed E-state index contributed by atoms with van der Waals surface area (Å²) in [5.74, 6) is 2.65. The van der Waals surface area contributed by atoms with E-state index in [4.69, 9.17) is 16.3 Å².